The van der Waals surface area contributed by atoms with Gasteiger partial charge >= 0.3 is 0 Å². The van der Waals surface area contributed by atoms with Gasteiger partial charge in [0.15, 0.2) is 5.82 Å². The van der Waals surface area contributed by atoms with Crippen molar-refractivity contribution in [3.05, 3.63) is 82.2 Å². The molecule has 1 aliphatic heterocycles. The van der Waals surface area contributed by atoms with Gasteiger partial charge in [0.05, 0.1) is 16.2 Å². The van der Waals surface area contributed by atoms with Gasteiger partial charge in [-0.15, -0.1) is 0 Å². The number of fused-ring (bicyclic) bond motifs is 3. The van der Waals surface area contributed by atoms with Crippen LogP contribution in [0.25, 0.3) is 16.9 Å². The first-order chi connectivity index (χ1) is 15.6. The molecule has 0 unspecified atom stereocenters. The summed E-state index contributed by atoms with van der Waals surface area (Å²) in [5, 5.41) is 1.03. The molecule has 3 heterocycles. The van der Waals surface area contributed by atoms with Gasteiger partial charge in [-0.3, -0.25) is 4.40 Å². The molecule has 5 nitrogen and oxygen atoms in total. The summed E-state index contributed by atoms with van der Waals surface area (Å²) in [5.74, 6) is 1.70. The molecule has 6 rings (SSSR count). The first kappa shape index (κ1) is 20.0. The Bertz CT molecular complexity index is 1320. The number of nitrogens with zero attached hydrogens (tertiary/aromatic N) is 4. The molecule has 4 aromatic rings. The zero-order valence-electron chi connectivity index (χ0n) is 17.5. The molecule has 2 aromatic carbocycles. The molecule has 2 aromatic heterocycles. The van der Waals surface area contributed by atoms with Crippen molar-refractivity contribution < 1.29 is 0 Å². The topological polar surface area (TPSA) is 59.5 Å². The number of hydrogen-bond donors (Lipinski definition) is 1. The minimum atomic E-state index is 0.0673. The van der Waals surface area contributed by atoms with E-state index in [-0.39, 0.29) is 11.5 Å². The van der Waals surface area contributed by atoms with Gasteiger partial charge in [-0.25, -0.2) is 9.97 Å². The Morgan fingerprint density at radius 3 is 2.66 bits per heavy atom. The van der Waals surface area contributed by atoms with E-state index in [1.54, 1.807) is 6.07 Å². The first-order valence-corrected chi connectivity index (χ1v) is 11.7. The van der Waals surface area contributed by atoms with Crippen LogP contribution in [-0.4, -0.2) is 33.5 Å². The summed E-state index contributed by atoms with van der Waals surface area (Å²) in [6.45, 7) is 1.82. The lowest BCUT2D eigenvalue weighted by Gasteiger charge is -2.43. The van der Waals surface area contributed by atoms with Crippen LogP contribution in [0.1, 0.15) is 24.0 Å². The van der Waals surface area contributed by atoms with Crippen LogP contribution < -0.4 is 10.6 Å². The van der Waals surface area contributed by atoms with Crippen LogP contribution in [-0.2, 0) is 11.8 Å². The van der Waals surface area contributed by atoms with Crippen molar-refractivity contribution in [2.24, 2.45) is 5.73 Å². The zero-order chi connectivity index (χ0) is 21.9. The maximum Gasteiger partial charge on any atom is 0.154 e. The van der Waals surface area contributed by atoms with Crippen LogP contribution in [0.5, 0.6) is 0 Å². The van der Waals surface area contributed by atoms with Gasteiger partial charge in [-0.1, -0.05) is 53.5 Å². The lowest BCUT2D eigenvalue weighted by atomic mass is 9.71. The fourth-order valence-corrected chi connectivity index (χ4v) is 5.99. The second-order valence-corrected chi connectivity index (χ2v) is 9.59. The van der Waals surface area contributed by atoms with Crippen LogP contribution in [0.4, 0.5) is 5.82 Å². The number of nitrogens with two attached hydrogens (primary N) is 1. The molecule has 1 fully saturated rings. The van der Waals surface area contributed by atoms with E-state index < -0.39 is 0 Å². The van der Waals surface area contributed by atoms with Crippen molar-refractivity contribution >= 4 is 34.5 Å². The number of hydrogen-bond acceptors (Lipinski definition) is 4. The van der Waals surface area contributed by atoms with Crippen LogP contribution >= 0.6 is 23.2 Å². The maximum atomic E-state index is 6.69. The van der Waals surface area contributed by atoms with E-state index in [2.05, 4.69) is 34.1 Å². The second kappa shape index (κ2) is 7.48. The Kier molecular flexibility index (Phi) is 4.68. The number of anilines is 1. The Hall–Kier alpha value is -2.60. The van der Waals surface area contributed by atoms with Gasteiger partial charge in [0.25, 0.3) is 0 Å². The molecule has 1 spiro atoms. The summed E-state index contributed by atoms with van der Waals surface area (Å²) < 4.78 is 2.04. The summed E-state index contributed by atoms with van der Waals surface area (Å²) in [6.07, 6.45) is 8.64. The molecule has 0 radical (unpaired) electrons. The second-order valence-electron chi connectivity index (χ2n) is 8.80. The quantitative estimate of drug-likeness (QED) is 0.447. The predicted molar refractivity (Wildman–Crippen MR) is 130 cm³/mol. The maximum absolute atomic E-state index is 6.69. The lowest BCUT2D eigenvalue weighted by molar-refractivity contribution is 0.292. The number of imidazole rings is 1. The number of piperidine rings is 1. The standard InChI is InChI=1S/C25H23Cl2N5/c26-19-7-3-5-17(22(19)27)23-30-15-20-24(29-10-13-32(20)23)31-11-8-25(9-12-31)18-6-2-1-4-16(18)14-21(25)28/h1-7,10,13,15,21H,8-9,11-12,14,28H2/t21-/m1/s1. The van der Waals surface area contributed by atoms with Crippen LogP contribution in [0, 0.1) is 0 Å². The average Bonchev–Trinajstić information content (AvgIpc) is 3.36. The normalized spacial score (nSPS) is 19.6. The highest BCUT2D eigenvalue weighted by Crippen LogP contribution is 2.46. The highest BCUT2D eigenvalue weighted by molar-refractivity contribution is 6.43. The van der Waals surface area contributed by atoms with Crippen LogP contribution in [0.2, 0.25) is 10.0 Å². The fraction of sp³-hybridized carbons (Fsp3) is 0.280. The minimum absolute atomic E-state index is 0.0673. The number of rotatable bonds is 2. The summed E-state index contributed by atoms with van der Waals surface area (Å²) in [7, 11) is 0. The third kappa shape index (κ3) is 2.88. The monoisotopic (exact) mass is 463 g/mol. The Morgan fingerprint density at radius 1 is 1.00 bits per heavy atom. The third-order valence-electron chi connectivity index (χ3n) is 7.29. The van der Waals surface area contributed by atoms with Crippen molar-refractivity contribution in [1.29, 1.82) is 0 Å². The van der Waals surface area contributed by atoms with Gasteiger partial charge in [-0.2, -0.15) is 0 Å². The van der Waals surface area contributed by atoms with E-state index >= 15 is 0 Å². The van der Waals surface area contributed by atoms with E-state index in [9.17, 15) is 0 Å². The molecule has 2 aliphatic rings. The largest absolute Gasteiger partial charge is 0.355 e. The molecular weight excluding hydrogens is 441 g/mol. The lowest BCUT2D eigenvalue weighted by Crippen LogP contribution is -2.50. The van der Waals surface area contributed by atoms with Crippen molar-refractivity contribution in [3.8, 4) is 11.4 Å². The molecule has 1 saturated heterocycles. The van der Waals surface area contributed by atoms with E-state index in [0.29, 0.717) is 10.0 Å². The Labute approximate surface area is 196 Å². The summed E-state index contributed by atoms with van der Waals surface area (Å²) >= 11 is 12.7. The van der Waals surface area contributed by atoms with Crippen molar-refractivity contribution in [3.63, 3.8) is 0 Å². The highest BCUT2D eigenvalue weighted by Gasteiger charge is 2.46. The highest BCUT2D eigenvalue weighted by atomic mass is 35.5. The van der Waals surface area contributed by atoms with E-state index in [4.69, 9.17) is 33.9 Å². The van der Waals surface area contributed by atoms with Crippen LogP contribution in [0.15, 0.2) is 61.1 Å². The minimum Gasteiger partial charge on any atom is -0.355 e. The van der Waals surface area contributed by atoms with E-state index in [1.165, 1.54) is 11.1 Å². The van der Waals surface area contributed by atoms with Gasteiger partial charge in [0.2, 0.25) is 0 Å². The Balaban J connectivity index is 1.34. The molecule has 7 heteroatoms. The van der Waals surface area contributed by atoms with Crippen molar-refractivity contribution in [2.75, 3.05) is 18.0 Å². The van der Waals surface area contributed by atoms with Gasteiger partial charge in [-0.05, 0) is 42.5 Å². The zero-order valence-corrected chi connectivity index (χ0v) is 19.0. The van der Waals surface area contributed by atoms with Gasteiger partial charge in [0.1, 0.15) is 11.3 Å². The predicted octanol–water partition coefficient (Wildman–Crippen LogP) is 5.12. The molecule has 0 amide bonds. The smallest absolute Gasteiger partial charge is 0.154 e. The molecule has 0 saturated carbocycles. The average molecular weight is 464 g/mol. The number of halogens is 2. The SMILES string of the molecule is N[C@@H]1Cc2ccccc2C12CCN(c1nccn3c(-c4cccc(Cl)c4Cl)ncc13)CC2. The molecular formula is C25H23Cl2N5. The van der Waals surface area contributed by atoms with Gasteiger partial charge in [0, 0.05) is 42.5 Å². The molecule has 2 N–H and O–H groups in total. The molecule has 1 aliphatic carbocycles. The van der Waals surface area contributed by atoms with E-state index in [1.807, 2.05) is 35.1 Å². The Morgan fingerprint density at radius 2 is 1.81 bits per heavy atom. The molecule has 1 atom stereocenters. The fourth-order valence-electron chi connectivity index (χ4n) is 5.61. The third-order valence-corrected chi connectivity index (χ3v) is 8.11. The van der Waals surface area contributed by atoms with Crippen molar-refractivity contribution in [1.82, 2.24) is 14.4 Å². The van der Waals surface area contributed by atoms with Crippen LogP contribution in [0.3, 0.4) is 0 Å². The summed E-state index contributed by atoms with van der Waals surface area (Å²) in [6, 6.07) is 14.5. The summed E-state index contributed by atoms with van der Waals surface area (Å²) in [5.41, 5.74) is 11.4. The van der Waals surface area contributed by atoms with E-state index in [0.717, 1.165) is 55.1 Å². The molecule has 32 heavy (non-hydrogen) atoms. The number of benzene rings is 2. The first-order valence-electron chi connectivity index (χ1n) is 10.9. The summed E-state index contributed by atoms with van der Waals surface area (Å²) in [4.78, 5) is 11.8. The van der Waals surface area contributed by atoms with Gasteiger partial charge < -0.3 is 10.6 Å². The van der Waals surface area contributed by atoms with Crippen molar-refractivity contribution in [2.45, 2.75) is 30.7 Å². The molecule has 0 bridgehead atoms. The number of aromatic nitrogens is 3. The molecule has 162 valence electrons.